The van der Waals surface area contributed by atoms with Gasteiger partial charge in [0.25, 0.3) is 0 Å². The molecule has 0 aromatic heterocycles. The topological polar surface area (TPSA) is 89.3 Å². The third kappa shape index (κ3) is 6.85. The van der Waals surface area contributed by atoms with Crippen molar-refractivity contribution in [2.24, 2.45) is 11.7 Å². The Morgan fingerprint density at radius 2 is 2.07 bits per heavy atom. The third-order valence-electron chi connectivity index (χ3n) is 1.82. The first kappa shape index (κ1) is 13.4. The van der Waals surface area contributed by atoms with Crippen molar-refractivity contribution in [1.82, 2.24) is 5.32 Å². The highest BCUT2D eigenvalue weighted by Gasteiger charge is 2.11. The molecule has 3 N–H and O–H groups in total. The first-order chi connectivity index (χ1) is 6.37. The lowest BCUT2D eigenvalue weighted by molar-refractivity contribution is -0.124. The highest BCUT2D eigenvalue weighted by molar-refractivity contribution is 7.90. The fourth-order valence-corrected chi connectivity index (χ4v) is 1.39. The molecule has 0 spiro atoms. The number of hydrogen-bond acceptors (Lipinski definition) is 4. The lowest BCUT2D eigenvalue weighted by Gasteiger charge is -2.10. The Kier molecular flexibility index (Phi) is 5.71. The zero-order chi connectivity index (χ0) is 11.2. The monoisotopic (exact) mass is 222 g/mol. The lowest BCUT2D eigenvalue weighted by Crippen LogP contribution is -2.33. The molecule has 0 fully saturated rings. The molecule has 14 heavy (non-hydrogen) atoms. The van der Waals surface area contributed by atoms with Crippen molar-refractivity contribution in [2.75, 3.05) is 25.1 Å². The van der Waals surface area contributed by atoms with E-state index in [1.165, 1.54) is 0 Å². The molecule has 1 atom stereocenters. The molecule has 0 aromatic carbocycles. The quantitative estimate of drug-likeness (QED) is 0.611. The summed E-state index contributed by atoms with van der Waals surface area (Å²) in [5.74, 6) is -0.313. The van der Waals surface area contributed by atoms with Gasteiger partial charge in [-0.2, -0.15) is 0 Å². The number of sulfone groups is 1. The molecule has 6 heteroatoms. The minimum Gasteiger partial charge on any atom is -0.355 e. The van der Waals surface area contributed by atoms with Gasteiger partial charge in [-0.1, -0.05) is 6.92 Å². The van der Waals surface area contributed by atoms with Crippen LogP contribution in [-0.2, 0) is 14.6 Å². The molecular weight excluding hydrogens is 204 g/mol. The van der Waals surface area contributed by atoms with E-state index in [1.807, 2.05) is 0 Å². The third-order valence-corrected chi connectivity index (χ3v) is 2.77. The van der Waals surface area contributed by atoms with E-state index in [0.29, 0.717) is 13.0 Å². The van der Waals surface area contributed by atoms with Crippen LogP contribution in [0.5, 0.6) is 0 Å². The Hall–Kier alpha value is -0.620. The maximum Gasteiger partial charge on any atom is 0.222 e. The van der Waals surface area contributed by atoms with Crippen molar-refractivity contribution < 1.29 is 13.2 Å². The smallest absolute Gasteiger partial charge is 0.222 e. The molecule has 0 aliphatic rings. The van der Waals surface area contributed by atoms with Crippen molar-refractivity contribution in [3.8, 4) is 0 Å². The van der Waals surface area contributed by atoms with Crippen LogP contribution < -0.4 is 11.1 Å². The van der Waals surface area contributed by atoms with Gasteiger partial charge in [-0.3, -0.25) is 4.79 Å². The molecule has 0 bridgehead atoms. The van der Waals surface area contributed by atoms with Gasteiger partial charge in [-0.15, -0.1) is 0 Å². The molecule has 0 heterocycles. The predicted molar refractivity (Wildman–Crippen MR) is 55.6 cm³/mol. The molecule has 0 radical (unpaired) electrons. The number of hydrogen-bond donors (Lipinski definition) is 2. The van der Waals surface area contributed by atoms with Gasteiger partial charge in [0.05, 0.1) is 5.75 Å². The normalized spacial score (nSPS) is 13.6. The Morgan fingerprint density at radius 1 is 1.50 bits per heavy atom. The molecule has 84 valence electrons. The number of rotatable bonds is 6. The van der Waals surface area contributed by atoms with Crippen LogP contribution in [0.2, 0.25) is 0 Å². The highest BCUT2D eigenvalue weighted by Crippen LogP contribution is 1.98. The molecule has 0 saturated carbocycles. The van der Waals surface area contributed by atoms with E-state index in [4.69, 9.17) is 5.73 Å². The van der Waals surface area contributed by atoms with Gasteiger partial charge >= 0.3 is 0 Å². The second-order valence-electron chi connectivity index (χ2n) is 3.40. The van der Waals surface area contributed by atoms with E-state index in [-0.39, 0.29) is 24.1 Å². The summed E-state index contributed by atoms with van der Waals surface area (Å²) >= 11 is 0. The van der Waals surface area contributed by atoms with Crippen LogP contribution in [0.3, 0.4) is 0 Å². The van der Waals surface area contributed by atoms with Crippen molar-refractivity contribution in [3.63, 3.8) is 0 Å². The number of amides is 1. The Bertz CT molecular complexity index is 274. The first-order valence-electron chi connectivity index (χ1n) is 4.52. The van der Waals surface area contributed by atoms with Crippen molar-refractivity contribution in [3.05, 3.63) is 0 Å². The molecular formula is C8H18N2O3S. The van der Waals surface area contributed by atoms with Gasteiger partial charge < -0.3 is 11.1 Å². The second-order valence-corrected chi connectivity index (χ2v) is 5.66. The summed E-state index contributed by atoms with van der Waals surface area (Å²) in [7, 11) is -3.00. The largest absolute Gasteiger partial charge is 0.355 e. The minimum atomic E-state index is -3.00. The summed E-state index contributed by atoms with van der Waals surface area (Å²) in [6, 6.07) is 0. The number of nitrogens with two attached hydrogens (primary N) is 1. The Balaban J connectivity index is 3.75. The minimum absolute atomic E-state index is 0.0198. The van der Waals surface area contributed by atoms with Crippen molar-refractivity contribution in [1.29, 1.82) is 0 Å². The van der Waals surface area contributed by atoms with E-state index in [9.17, 15) is 13.2 Å². The number of carbonyl (C=O) groups excluding carboxylic acids is 1. The molecule has 1 unspecified atom stereocenters. The zero-order valence-electron chi connectivity index (χ0n) is 8.62. The van der Waals surface area contributed by atoms with Gasteiger partial charge in [0.1, 0.15) is 9.84 Å². The molecule has 0 aliphatic carbocycles. The molecule has 0 saturated heterocycles. The van der Waals surface area contributed by atoms with Crippen LogP contribution in [-0.4, -0.2) is 39.4 Å². The fraction of sp³-hybridized carbons (Fsp3) is 0.875. The van der Waals surface area contributed by atoms with Crippen LogP contribution in [0.15, 0.2) is 0 Å². The summed E-state index contributed by atoms with van der Waals surface area (Å²) in [6.07, 6.45) is 1.76. The maximum absolute atomic E-state index is 11.3. The van der Waals surface area contributed by atoms with Gasteiger partial charge in [-0.25, -0.2) is 8.42 Å². The van der Waals surface area contributed by atoms with Crippen molar-refractivity contribution >= 4 is 15.7 Å². The molecule has 5 nitrogen and oxygen atoms in total. The van der Waals surface area contributed by atoms with E-state index in [1.54, 1.807) is 6.92 Å². The molecule has 0 aliphatic heterocycles. The van der Waals surface area contributed by atoms with Gasteiger partial charge in [0.2, 0.25) is 5.91 Å². The zero-order valence-corrected chi connectivity index (χ0v) is 9.43. The van der Waals surface area contributed by atoms with E-state index < -0.39 is 9.84 Å². The SMILES string of the molecule is CC(CCN)C(=O)NCCS(C)(=O)=O. The molecule has 0 rings (SSSR count). The first-order valence-corrected chi connectivity index (χ1v) is 6.58. The summed E-state index contributed by atoms with van der Waals surface area (Å²) in [4.78, 5) is 11.3. The van der Waals surface area contributed by atoms with E-state index in [0.717, 1.165) is 6.26 Å². The maximum atomic E-state index is 11.3. The lowest BCUT2D eigenvalue weighted by atomic mass is 10.1. The fourth-order valence-electron chi connectivity index (χ4n) is 0.915. The Labute approximate surface area is 85.0 Å². The number of nitrogens with one attached hydrogen (secondary N) is 1. The van der Waals surface area contributed by atoms with E-state index in [2.05, 4.69) is 5.32 Å². The summed E-state index contributed by atoms with van der Waals surface area (Å²) in [6.45, 7) is 2.40. The average molecular weight is 222 g/mol. The van der Waals surface area contributed by atoms with Gasteiger partial charge in [-0.05, 0) is 13.0 Å². The van der Waals surface area contributed by atoms with Gasteiger partial charge in [0, 0.05) is 18.7 Å². The van der Waals surface area contributed by atoms with Crippen LogP contribution in [0, 0.1) is 5.92 Å². The second kappa shape index (κ2) is 5.98. The summed E-state index contributed by atoms with van der Waals surface area (Å²) in [5, 5.41) is 2.55. The van der Waals surface area contributed by atoms with Crippen LogP contribution >= 0.6 is 0 Å². The van der Waals surface area contributed by atoms with Gasteiger partial charge in [0.15, 0.2) is 0 Å². The Morgan fingerprint density at radius 3 is 2.50 bits per heavy atom. The van der Waals surface area contributed by atoms with Crippen LogP contribution in [0.1, 0.15) is 13.3 Å². The average Bonchev–Trinajstić information content (AvgIpc) is 2.02. The summed E-state index contributed by atoms with van der Waals surface area (Å²) < 4.78 is 21.5. The predicted octanol–water partition coefficient (Wildman–Crippen LogP) is -0.868. The molecule has 1 amide bonds. The van der Waals surface area contributed by atoms with Crippen LogP contribution in [0.25, 0.3) is 0 Å². The highest BCUT2D eigenvalue weighted by atomic mass is 32.2. The number of carbonyl (C=O) groups is 1. The standard InChI is InChI=1S/C8H18N2O3S/c1-7(3-4-9)8(11)10-5-6-14(2,12)13/h7H,3-6,9H2,1-2H3,(H,10,11). The molecule has 0 aromatic rings. The van der Waals surface area contributed by atoms with Crippen molar-refractivity contribution in [2.45, 2.75) is 13.3 Å². The van der Waals surface area contributed by atoms with Crippen LogP contribution in [0.4, 0.5) is 0 Å². The summed E-state index contributed by atoms with van der Waals surface area (Å²) in [5.41, 5.74) is 5.29. The van der Waals surface area contributed by atoms with E-state index >= 15 is 0 Å².